The molecule has 4 aromatic carbocycles. The van der Waals surface area contributed by atoms with Crippen molar-refractivity contribution in [2.45, 2.75) is 0 Å². The van der Waals surface area contributed by atoms with Gasteiger partial charge < -0.3 is 5.73 Å². The summed E-state index contributed by atoms with van der Waals surface area (Å²) >= 11 is 0. The van der Waals surface area contributed by atoms with Gasteiger partial charge in [0.05, 0.1) is 12.4 Å². The van der Waals surface area contributed by atoms with Gasteiger partial charge in [-0.1, -0.05) is 84.9 Å². The van der Waals surface area contributed by atoms with E-state index in [2.05, 4.69) is 67.4 Å². The van der Waals surface area contributed by atoms with Crippen LogP contribution in [0.3, 0.4) is 0 Å². The first kappa shape index (κ1) is 20.1. The van der Waals surface area contributed by atoms with Crippen LogP contribution in [-0.2, 0) is 0 Å². The highest BCUT2D eigenvalue weighted by atomic mass is 15.3. The van der Waals surface area contributed by atoms with Gasteiger partial charge in [-0.2, -0.15) is 20.2 Å². The van der Waals surface area contributed by atoms with Crippen molar-refractivity contribution in [1.29, 1.82) is 0 Å². The molecule has 0 bridgehead atoms. The van der Waals surface area contributed by atoms with Crippen LogP contribution in [0.25, 0.3) is 21.5 Å². The lowest BCUT2D eigenvalue weighted by Crippen LogP contribution is -2.03. The number of nitrogen functional groups attached to an aromatic ring is 1. The molecule has 0 aliphatic carbocycles. The normalized spacial score (nSPS) is 11.5. The van der Waals surface area contributed by atoms with Crippen molar-refractivity contribution in [2.75, 3.05) is 16.6 Å². The smallest absolute Gasteiger partial charge is 0.224 e. The second-order valence-electron chi connectivity index (χ2n) is 7.37. The highest BCUT2D eigenvalue weighted by Gasteiger charge is 2.02. The summed E-state index contributed by atoms with van der Waals surface area (Å²) in [4.78, 5) is 8.37. The fraction of sp³-hybridized carbons (Fsp3) is 0. The molecule has 0 amide bonds. The van der Waals surface area contributed by atoms with Gasteiger partial charge in [0.25, 0.3) is 0 Å². The van der Waals surface area contributed by atoms with Crippen molar-refractivity contribution in [2.24, 2.45) is 10.2 Å². The molecule has 1 heterocycles. The van der Waals surface area contributed by atoms with Crippen molar-refractivity contribution >= 4 is 51.6 Å². The Labute approximate surface area is 190 Å². The summed E-state index contributed by atoms with van der Waals surface area (Å²) < 4.78 is 0. The monoisotopic (exact) mass is 431 g/mol. The third kappa shape index (κ3) is 4.62. The molecule has 7 nitrogen and oxygen atoms in total. The van der Waals surface area contributed by atoms with Crippen LogP contribution in [-0.4, -0.2) is 22.4 Å². The van der Waals surface area contributed by atoms with Crippen LogP contribution < -0.4 is 16.6 Å². The second kappa shape index (κ2) is 9.15. The molecule has 0 saturated heterocycles. The number of fused-ring (bicyclic) bond motifs is 2. The lowest BCUT2D eigenvalue weighted by Gasteiger charge is -2.05. The molecule has 4 N–H and O–H groups in total. The Balaban J connectivity index is 1.31. The van der Waals surface area contributed by atoms with E-state index in [1.807, 2.05) is 48.5 Å². The zero-order valence-electron chi connectivity index (χ0n) is 17.7. The molecular formula is C26H21N7. The van der Waals surface area contributed by atoms with Gasteiger partial charge in [0.2, 0.25) is 5.95 Å². The van der Waals surface area contributed by atoms with Crippen LogP contribution in [0.2, 0.25) is 0 Å². The number of hydrazone groups is 2. The fourth-order valence-corrected chi connectivity index (χ4v) is 3.64. The predicted molar refractivity (Wildman–Crippen MR) is 137 cm³/mol. The van der Waals surface area contributed by atoms with Crippen LogP contribution in [0.1, 0.15) is 11.1 Å². The molecule has 5 rings (SSSR count). The minimum absolute atomic E-state index is 0.114. The summed E-state index contributed by atoms with van der Waals surface area (Å²) in [6, 6.07) is 30.2. The zero-order valence-corrected chi connectivity index (χ0v) is 17.7. The summed E-state index contributed by atoms with van der Waals surface area (Å²) in [7, 11) is 0. The Bertz CT molecular complexity index is 1370. The van der Waals surface area contributed by atoms with E-state index < -0.39 is 0 Å². The molecule has 0 fully saturated rings. The summed E-state index contributed by atoms with van der Waals surface area (Å²) in [5, 5.41) is 13.2. The van der Waals surface area contributed by atoms with Crippen LogP contribution in [0.5, 0.6) is 0 Å². The van der Waals surface area contributed by atoms with Gasteiger partial charge in [0, 0.05) is 17.2 Å². The van der Waals surface area contributed by atoms with Gasteiger partial charge >= 0.3 is 0 Å². The number of anilines is 3. The lowest BCUT2D eigenvalue weighted by atomic mass is 10.1. The SMILES string of the molecule is Nc1nc(NN=Cc2cccc3ccccc23)cc(NN=Cc2cccc3ccccc23)n1. The van der Waals surface area contributed by atoms with E-state index in [-0.39, 0.29) is 5.95 Å². The zero-order chi connectivity index (χ0) is 22.5. The highest BCUT2D eigenvalue weighted by Crippen LogP contribution is 2.18. The molecule has 0 atom stereocenters. The average molecular weight is 432 g/mol. The van der Waals surface area contributed by atoms with E-state index in [0.29, 0.717) is 11.6 Å². The first-order valence-corrected chi connectivity index (χ1v) is 10.4. The average Bonchev–Trinajstić information content (AvgIpc) is 2.84. The maximum Gasteiger partial charge on any atom is 0.224 e. The standard InChI is InChI=1S/C26H21N7/c27-26-30-24(32-28-16-20-11-5-9-18-7-1-3-13-22(18)20)15-25(31-26)33-29-17-21-12-6-10-19-8-2-4-14-23(19)21/h1-17H,(H4,27,30,31,32,33). The van der Waals surface area contributed by atoms with E-state index in [1.54, 1.807) is 18.5 Å². The molecule has 0 radical (unpaired) electrons. The molecule has 0 saturated carbocycles. The predicted octanol–water partition coefficient (Wildman–Crippen LogP) is 5.26. The number of rotatable bonds is 6. The number of hydrogen-bond donors (Lipinski definition) is 3. The number of hydrogen-bond acceptors (Lipinski definition) is 7. The van der Waals surface area contributed by atoms with Crippen molar-refractivity contribution in [3.8, 4) is 0 Å². The van der Waals surface area contributed by atoms with Crippen LogP contribution in [0.15, 0.2) is 101 Å². The topological polar surface area (TPSA) is 101 Å². The first-order valence-electron chi connectivity index (χ1n) is 10.4. The first-order chi connectivity index (χ1) is 16.3. The van der Waals surface area contributed by atoms with Crippen LogP contribution in [0.4, 0.5) is 17.6 Å². The van der Waals surface area contributed by atoms with E-state index in [9.17, 15) is 0 Å². The molecule has 1 aromatic heterocycles. The number of nitrogens with two attached hydrogens (primary N) is 1. The maximum atomic E-state index is 5.87. The Kier molecular flexibility index (Phi) is 5.59. The number of benzene rings is 4. The third-order valence-corrected chi connectivity index (χ3v) is 5.16. The van der Waals surface area contributed by atoms with Crippen molar-refractivity contribution in [1.82, 2.24) is 9.97 Å². The van der Waals surface area contributed by atoms with Gasteiger partial charge in [-0.3, -0.25) is 10.9 Å². The van der Waals surface area contributed by atoms with E-state index in [4.69, 9.17) is 5.73 Å². The third-order valence-electron chi connectivity index (χ3n) is 5.16. The largest absolute Gasteiger partial charge is 0.368 e. The molecule has 0 aliphatic heterocycles. The molecule has 5 aromatic rings. The Hall–Kier alpha value is -4.78. The van der Waals surface area contributed by atoms with Gasteiger partial charge in [0.1, 0.15) is 0 Å². The van der Waals surface area contributed by atoms with Crippen molar-refractivity contribution in [3.63, 3.8) is 0 Å². The Morgan fingerprint density at radius 1 is 0.606 bits per heavy atom. The maximum absolute atomic E-state index is 5.87. The van der Waals surface area contributed by atoms with Crippen molar-refractivity contribution in [3.05, 3.63) is 102 Å². The van der Waals surface area contributed by atoms with Gasteiger partial charge in [-0.25, -0.2) is 0 Å². The quantitative estimate of drug-likeness (QED) is 0.252. The lowest BCUT2D eigenvalue weighted by molar-refractivity contribution is 1.13. The Morgan fingerprint density at radius 2 is 1.06 bits per heavy atom. The minimum atomic E-state index is 0.114. The number of nitrogens with one attached hydrogen (secondary N) is 2. The summed E-state index contributed by atoms with van der Waals surface area (Å²) in [5.74, 6) is 1.03. The number of nitrogens with zero attached hydrogens (tertiary/aromatic N) is 4. The summed E-state index contributed by atoms with van der Waals surface area (Å²) in [5.41, 5.74) is 13.7. The van der Waals surface area contributed by atoms with E-state index in [1.165, 1.54) is 0 Å². The van der Waals surface area contributed by atoms with E-state index in [0.717, 1.165) is 32.7 Å². The molecule has 33 heavy (non-hydrogen) atoms. The molecule has 7 heteroatoms. The molecule has 0 unspecified atom stereocenters. The highest BCUT2D eigenvalue weighted by molar-refractivity contribution is 6.00. The van der Waals surface area contributed by atoms with Gasteiger partial charge in [0.15, 0.2) is 11.6 Å². The minimum Gasteiger partial charge on any atom is -0.368 e. The summed E-state index contributed by atoms with van der Waals surface area (Å²) in [6.07, 6.45) is 3.51. The van der Waals surface area contributed by atoms with Crippen LogP contribution in [0, 0.1) is 0 Å². The molecule has 0 aliphatic rings. The molecule has 0 spiro atoms. The van der Waals surface area contributed by atoms with Gasteiger partial charge in [-0.05, 0) is 21.5 Å². The second-order valence-corrected chi connectivity index (χ2v) is 7.37. The molecule has 160 valence electrons. The fourth-order valence-electron chi connectivity index (χ4n) is 3.64. The van der Waals surface area contributed by atoms with Crippen molar-refractivity contribution < 1.29 is 0 Å². The summed E-state index contributed by atoms with van der Waals surface area (Å²) in [6.45, 7) is 0. The number of aromatic nitrogens is 2. The van der Waals surface area contributed by atoms with Gasteiger partial charge in [-0.15, -0.1) is 0 Å². The van der Waals surface area contributed by atoms with E-state index >= 15 is 0 Å². The van der Waals surface area contributed by atoms with Crippen LogP contribution >= 0.6 is 0 Å². The Morgan fingerprint density at radius 3 is 1.58 bits per heavy atom. The molecular weight excluding hydrogens is 410 g/mol.